The van der Waals surface area contributed by atoms with Crippen molar-refractivity contribution in [3.05, 3.63) is 56.7 Å². The molecule has 1 amide bonds. The number of aromatic amines is 1. The van der Waals surface area contributed by atoms with Gasteiger partial charge in [0.25, 0.3) is 11.7 Å². The molecular weight excluding hydrogens is 404 g/mol. The fraction of sp³-hybridized carbons (Fsp3) is 0.263. The van der Waals surface area contributed by atoms with Gasteiger partial charge >= 0.3 is 0 Å². The lowest BCUT2D eigenvalue weighted by Gasteiger charge is -2.05. The number of carbonyl (C=O) groups excluding carboxylic acids is 2. The smallest absolute Gasteiger partial charge is 0.292 e. The van der Waals surface area contributed by atoms with Gasteiger partial charge in [-0.1, -0.05) is 45.7 Å². The van der Waals surface area contributed by atoms with Gasteiger partial charge in [-0.15, -0.1) is 0 Å². The Balaban J connectivity index is 1.98. The predicted octanol–water partition coefficient (Wildman–Crippen LogP) is 2.11. The van der Waals surface area contributed by atoms with E-state index in [0.717, 1.165) is 34.7 Å². The molecule has 0 saturated heterocycles. The van der Waals surface area contributed by atoms with Gasteiger partial charge in [0.05, 0.1) is 5.56 Å². The summed E-state index contributed by atoms with van der Waals surface area (Å²) >= 11 is 9.49. The Morgan fingerprint density at radius 3 is 2.68 bits per heavy atom. The number of aromatic nitrogens is 1. The molecule has 0 spiro atoms. The van der Waals surface area contributed by atoms with Crippen LogP contribution in [0, 0.1) is 0 Å². The predicted molar refractivity (Wildman–Crippen MR) is 104 cm³/mol. The second-order valence-corrected chi connectivity index (χ2v) is 7.58. The van der Waals surface area contributed by atoms with E-state index in [-0.39, 0.29) is 4.83 Å². The van der Waals surface area contributed by atoms with Gasteiger partial charge in [0.15, 0.2) is 0 Å². The van der Waals surface area contributed by atoms with E-state index in [1.54, 1.807) is 0 Å². The van der Waals surface area contributed by atoms with Crippen molar-refractivity contribution in [2.75, 3.05) is 7.05 Å². The average molecular weight is 422 g/mol. The zero-order valence-corrected chi connectivity index (χ0v) is 16.1. The van der Waals surface area contributed by atoms with E-state index in [4.69, 9.17) is 11.6 Å². The summed E-state index contributed by atoms with van der Waals surface area (Å²) in [6.45, 7) is 0. The number of halogens is 2. The van der Waals surface area contributed by atoms with E-state index in [2.05, 4.69) is 26.2 Å². The maximum Gasteiger partial charge on any atom is 0.292 e. The molecule has 1 aliphatic rings. The minimum atomic E-state index is -0.594. The Labute approximate surface area is 159 Å². The van der Waals surface area contributed by atoms with E-state index in [9.17, 15) is 9.59 Å². The zero-order chi connectivity index (χ0) is 18.0. The van der Waals surface area contributed by atoms with Crippen molar-refractivity contribution in [1.29, 1.82) is 0 Å². The number of aryl methyl sites for hydroxylation is 2. The summed E-state index contributed by atoms with van der Waals surface area (Å²) in [6, 6.07) is 7.64. The van der Waals surface area contributed by atoms with E-state index in [1.165, 1.54) is 7.05 Å². The Kier molecular flexibility index (Phi) is 5.45. The maximum absolute atomic E-state index is 12.6. The van der Waals surface area contributed by atoms with Crippen molar-refractivity contribution in [2.24, 2.45) is 0 Å². The van der Waals surface area contributed by atoms with Crippen molar-refractivity contribution >= 4 is 51.4 Å². The summed E-state index contributed by atoms with van der Waals surface area (Å²) < 4.78 is 0. The van der Waals surface area contributed by atoms with Gasteiger partial charge < -0.3 is 10.3 Å². The standard InChI is InChI=1S/C19H18BrClN2O2/c1-22-19(25)18(24)17-14-8-5-12(20)10-16(14)23-15(17)9-4-11-2-6-13(21)7-3-11/h2-3,6-8,10,12,23H,4-5,9H2,1H3,(H,22,25). The molecule has 1 heterocycles. The fourth-order valence-corrected chi connectivity index (χ4v) is 3.58. The molecule has 3 rings (SSSR count). The number of nitrogens with one attached hydrogen (secondary N) is 2. The number of amides is 1. The van der Waals surface area contributed by atoms with Crippen molar-refractivity contribution in [2.45, 2.75) is 24.1 Å². The number of rotatable bonds is 5. The number of likely N-dealkylation sites (N-methyl/N-ethyl adjacent to an activating group) is 1. The van der Waals surface area contributed by atoms with Crippen LogP contribution in [-0.4, -0.2) is 28.5 Å². The van der Waals surface area contributed by atoms with E-state index >= 15 is 0 Å². The molecule has 4 nitrogen and oxygen atoms in total. The quantitative estimate of drug-likeness (QED) is 0.441. The SMILES string of the molecule is CNC(=O)C(=O)c1c(CCc2ccc(Cl)cc2)[nH]c2c1=CCC(Br)C=2. The highest BCUT2D eigenvalue weighted by Gasteiger charge is 2.23. The molecule has 2 N–H and O–H groups in total. The van der Waals surface area contributed by atoms with Crippen LogP contribution in [0.15, 0.2) is 24.3 Å². The third-order valence-corrected chi connectivity index (χ3v) is 5.17. The first-order valence-electron chi connectivity index (χ1n) is 8.07. The molecular formula is C19H18BrClN2O2. The Bertz CT molecular complexity index is 932. The summed E-state index contributed by atoms with van der Waals surface area (Å²) in [5.74, 6) is -1.09. The second-order valence-electron chi connectivity index (χ2n) is 5.96. The molecule has 0 aliphatic heterocycles. The number of hydrogen-bond acceptors (Lipinski definition) is 2. The van der Waals surface area contributed by atoms with E-state index < -0.39 is 11.7 Å². The Morgan fingerprint density at radius 2 is 2.00 bits per heavy atom. The zero-order valence-electron chi connectivity index (χ0n) is 13.7. The number of carbonyl (C=O) groups is 2. The topological polar surface area (TPSA) is 62.0 Å². The molecule has 1 atom stereocenters. The van der Waals surface area contributed by atoms with E-state index in [0.29, 0.717) is 17.0 Å². The van der Waals surface area contributed by atoms with Crippen LogP contribution in [0.5, 0.6) is 0 Å². The monoisotopic (exact) mass is 420 g/mol. The van der Waals surface area contributed by atoms with Crippen molar-refractivity contribution in [3.63, 3.8) is 0 Å². The minimum Gasteiger partial charge on any atom is -0.358 e. The molecule has 0 fully saturated rings. The van der Waals surface area contributed by atoms with Gasteiger partial charge in [0, 0.05) is 33.2 Å². The highest BCUT2D eigenvalue weighted by molar-refractivity contribution is 9.09. The maximum atomic E-state index is 12.6. The third kappa shape index (κ3) is 3.88. The van der Waals surface area contributed by atoms with Crippen molar-refractivity contribution in [1.82, 2.24) is 10.3 Å². The van der Waals surface area contributed by atoms with Crippen LogP contribution < -0.4 is 15.9 Å². The summed E-state index contributed by atoms with van der Waals surface area (Å²) in [6.07, 6.45) is 6.23. The van der Waals surface area contributed by atoms with Gasteiger partial charge in [-0.25, -0.2) is 0 Å². The highest BCUT2D eigenvalue weighted by atomic mass is 79.9. The lowest BCUT2D eigenvalue weighted by Crippen LogP contribution is -2.36. The molecule has 0 saturated carbocycles. The van der Waals surface area contributed by atoms with Gasteiger partial charge in [0.2, 0.25) is 0 Å². The van der Waals surface area contributed by atoms with Crippen LogP contribution >= 0.6 is 27.5 Å². The lowest BCUT2D eigenvalue weighted by atomic mass is 10.0. The highest BCUT2D eigenvalue weighted by Crippen LogP contribution is 2.14. The number of Topliss-reactive ketones (excluding diaryl/α,β-unsaturated/α-hetero) is 1. The normalized spacial score (nSPS) is 15.7. The van der Waals surface area contributed by atoms with Crippen molar-refractivity contribution in [3.8, 4) is 0 Å². The summed E-state index contributed by atoms with van der Waals surface area (Å²) in [7, 11) is 1.47. The van der Waals surface area contributed by atoms with Crippen molar-refractivity contribution < 1.29 is 9.59 Å². The number of benzene rings is 1. The van der Waals surface area contributed by atoms with Crippen LogP contribution in [-0.2, 0) is 17.6 Å². The lowest BCUT2D eigenvalue weighted by molar-refractivity contribution is -0.116. The fourth-order valence-electron chi connectivity index (χ4n) is 3.01. The number of ketones is 1. The number of H-pyrrole nitrogens is 1. The molecule has 130 valence electrons. The molecule has 1 aromatic heterocycles. The summed E-state index contributed by atoms with van der Waals surface area (Å²) in [5, 5.41) is 4.85. The van der Waals surface area contributed by atoms with Crippen LogP contribution in [0.3, 0.4) is 0 Å². The number of fused-ring (bicyclic) bond motifs is 1. The molecule has 0 radical (unpaired) electrons. The van der Waals surface area contributed by atoms with Gasteiger partial charge in [-0.2, -0.15) is 0 Å². The molecule has 1 aliphatic carbocycles. The van der Waals surface area contributed by atoms with Gasteiger partial charge in [-0.05, 0) is 43.0 Å². The largest absolute Gasteiger partial charge is 0.358 e. The number of alkyl halides is 1. The Morgan fingerprint density at radius 1 is 1.28 bits per heavy atom. The van der Waals surface area contributed by atoms with Gasteiger partial charge in [0.1, 0.15) is 0 Å². The molecule has 0 bridgehead atoms. The summed E-state index contributed by atoms with van der Waals surface area (Å²) in [4.78, 5) is 28.0. The summed E-state index contributed by atoms with van der Waals surface area (Å²) in [5.41, 5.74) is 2.41. The van der Waals surface area contributed by atoms with Crippen LogP contribution in [0.1, 0.15) is 28.0 Å². The first kappa shape index (κ1) is 18.0. The first-order chi connectivity index (χ1) is 12.0. The Hall–Kier alpha value is -1.85. The minimum absolute atomic E-state index is 0.228. The molecule has 1 aromatic carbocycles. The third-order valence-electron chi connectivity index (χ3n) is 4.28. The van der Waals surface area contributed by atoms with Crippen LogP contribution in [0.25, 0.3) is 12.2 Å². The second kappa shape index (κ2) is 7.58. The molecule has 2 aromatic rings. The van der Waals surface area contributed by atoms with E-state index in [1.807, 2.05) is 36.4 Å². The van der Waals surface area contributed by atoms with Gasteiger partial charge in [-0.3, -0.25) is 9.59 Å². The van der Waals surface area contributed by atoms with Crippen LogP contribution in [0.4, 0.5) is 0 Å². The number of hydrogen-bond donors (Lipinski definition) is 2. The first-order valence-corrected chi connectivity index (χ1v) is 9.36. The molecule has 1 unspecified atom stereocenters. The van der Waals surface area contributed by atoms with Crippen LogP contribution in [0.2, 0.25) is 5.02 Å². The molecule has 6 heteroatoms. The average Bonchev–Trinajstić information content (AvgIpc) is 2.97. The molecule has 25 heavy (non-hydrogen) atoms.